The first-order valence-corrected chi connectivity index (χ1v) is 11.5. The maximum atomic E-state index is 12.7. The van der Waals surface area contributed by atoms with E-state index in [0.29, 0.717) is 0 Å². The summed E-state index contributed by atoms with van der Waals surface area (Å²) >= 11 is 3.28. The monoisotopic (exact) mass is 491 g/mol. The van der Waals surface area contributed by atoms with Crippen molar-refractivity contribution in [3.05, 3.63) is 71.2 Å². The highest BCUT2D eigenvalue weighted by atomic mass is 79.9. The molecule has 10 heteroatoms. The van der Waals surface area contributed by atoms with Gasteiger partial charge in [0.2, 0.25) is 15.9 Å². The molecule has 1 aromatic heterocycles. The summed E-state index contributed by atoms with van der Waals surface area (Å²) in [4.78, 5) is 16.7. The van der Waals surface area contributed by atoms with Crippen LogP contribution in [0.3, 0.4) is 0 Å². The van der Waals surface area contributed by atoms with E-state index < -0.39 is 16.1 Å². The van der Waals surface area contributed by atoms with Crippen molar-refractivity contribution in [2.24, 2.45) is 5.92 Å². The van der Waals surface area contributed by atoms with Crippen molar-refractivity contribution in [3.8, 4) is 5.69 Å². The molecule has 1 atom stereocenters. The lowest BCUT2D eigenvalue weighted by atomic mass is 10.0. The summed E-state index contributed by atoms with van der Waals surface area (Å²) < 4.78 is 30.3. The fourth-order valence-electron chi connectivity index (χ4n) is 2.75. The second kappa shape index (κ2) is 9.50. The highest BCUT2D eigenvalue weighted by molar-refractivity contribution is 9.10. The Bertz CT molecular complexity index is 1080. The van der Waals surface area contributed by atoms with Gasteiger partial charge in [-0.05, 0) is 47.9 Å². The maximum Gasteiger partial charge on any atom is 0.241 e. The minimum Gasteiger partial charge on any atom is -0.351 e. The third-order valence-electron chi connectivity index (χ3n) is 4.44. The molecule has 8 nitrogen and oxygen atoms in total. The molecule has 0 fully saturated rings. The van der Waals surface area contributed by atoms with E-state index in [4.69, 9.17) is 0 Å². The number of benzene rings is 2. The molecule has 0 unspecified atom stereocenters. The van der Waals surface area contributed by atoms with Crippen LogP contribution in [0.1, 0.15) is 19.4 Å². The third-order valence-corrected chi connectivity index (χ3v) is 6.43. The van der Waals surface area contributed by atoms with Crippen molar-refractivity contribution in [3.63, 3.8) is 0 Å². The van der Waals surface area contributed by atoms with Crippen LogP contribution in [0.25, 0.3) is 5.69 Å². The zero-order valence-corrected chi connectivity index (χ0v) is 18.9. The number of sulfonamides is 1. The fraction of sp³-hybridized carbons (Fsp3) is 0.250. The predicted molar refractivity (Wildman–Crippen MR) is 116 cm³/mol. The van der Waals surface area contributed by atoms with Crippen LogP contribution < -0.4 is 10.0 Å². The lowest BCUT2D eigenvalue weighted by molar-refractivity contribution is -0.123. The van der Waals surface area contributed by atoms with Crippen molar-refractivity contribution in [1.29, 1.82) is 0 Å². The second-order valence-corrected chi connectivity index (χ2v) is 9.65. The van der Waals surface area contributed by atoms with Gasteiger partial charge in [0.1, 0.15) is 18.7 Å². The summed E-state index contributed by atoms with van der Waals surface area (Å²) in [5, 5.41) is 6.87. The summed E-state index contributed by atoms with van der Waals surface area (Å²) in [5.74, 6) is -0.615. The normalized spacial score (nSPS) is 12.7. The molecule has 0 aliphatic rings. The average Bonchev–Trinajstić information content (AvgIpc) is 3.26. The Kier molecular flexibility index (Phi) is 7.01. The van der Waals surface area contributed by atoms with Crippen LogP contribution in [0, 0.1) is 5.92 Å². The molecule has 3 rings (SSSR count). The SMILES string of the molecule is CC(C)[C@H](NS(=O)(=O)c1ccc(Br)cc1)C(=O)NCc1ccc(-n2cncn2)cc1. The molecule has 2 N–H and O–H groups in total. The van der Waals surface area contributed by atoms with Crippen molar-refractivity contribution < 1.29 is 13.2 Å². The number of carbonyl (C=O) groups excluding carboxylic acids is 1. The van der Waals surface area contributed by atoms with E-state index in [9.17, 15) is 13.2 Å². The average molecular weight is 492 g/mol. The van der Waals surface area contributed by atoms with Crippen LogP contribution in [0.5, 0.6) is 0 Å². The Morgan fingerprint density at radius 3 is 2.33 bits per heavy atom. The van der Waals surface area contributed by atoms with E-state index in [1.165, 1.54) is 18.5 Å². The molecule has 0 saturated heterocycles. The van der Waals surface area contributed by atoms with Gasteiger partial charge in [0.15, 0.2) is 0 Å². The molecule has 2 aromatic carbocycles. The van der Waals surface area contributed by atoms with Gasteiger partial charge in [0.25, 0.3) is 0 Å². The molecule has 0 saturated carbocycles. The number of nitrogens with one attached hydrogen (secondary N) is 2. The fourth-order valence-corrected chi connectivity index (χ4v) is 4.36. The standard InChI is InChI=1S/C20H22BrN5O3S/c1-14(2)19(25-30(28,29)18-9-5-16(21)6-10-18)20(27)23-11-15-3-7-17(8-4-15)26-13-22-12-24-26/h3-10,12-14,19,25H,11H2,1-2H3,(H,23,27)/t19-/m0/s1. The molecule has 0 radical (unpaired) electrons. The van der Waals surface area contributed by atoms with E-state index in [1.807, 2.05) is 24.3 Å². The predicted octanol–water partition coefficient (Wildman–Crippen LogP) is 2.65. The highest BCUT2D eigenvalue weighted by Crippen LogP contribution is 2.16. The van der Waals surface area contributed by atoms with E-state index >= 15 is 0 Å². The van der Waals surface area contributed by atoms with Crippen molar-refractivity contribution in [2.75, 3.05) is 0 Å². The minimum absolute atomic E-state index is 0.104. The Labute approximate surface area is 183 Å². The number of amides is 1. The number of rotatable bonds is 8. The van der Waals surface area contributed by atoms with Gasteiger partial charge >= 0.3 is 0 Å². The molecule has 0 spiro atoms. The molecular weight excluding hydrogens is 470 g/mol. The quantitative estimate of drug-likeness (QED) is 0.503. The first kappa shape index (κ1) is 22.1. The number of halogens is 1. The molecule has 0 bridgehead atoms. The molecular formula is C20H22BrN5O3S. The summed E-state index contributed by atoms with van der Waals surface area (Å²) in [6.07, 6.45) is 3.05. The van der Waals surface area contributed by atoms with Crippen LogP contribution in [0.15, 0.2) is 70.6 Å². The summed E-state index contributed by atoms with van der Waals surface area (Å²) in [7, 11) is -3.83. The number of aromatic nitrogens is 3. The molecule has 3 aromatic rings. The minimum atomic E-state index is -3.83. The van der Waals surface area contributed by atoms with Crippen LogP contribution in [-0.4, -0.2) is 35.1 Å². The number of hydrogen-bond donors (Lipinski definition) is 2. The van der Waals surface area contributed by atoms with Gasteiger partial charge in [0, 0.05) is 11.0 Å². The molecule has 158 valence electrons. The van der Waals surface area contributed by atoms with Gasteiger partial charge in [-0.2, -0.15) is 9.82 Å². The van der Waals surface area contributed by atoms with E-state index in [1.54, 1.807) is 37.0 Å². The molecule has 30 heavy (non-hydrogen) atoms. The molecule has 0 aliphatic carbocycles. The van der Waals surface area contributed by atoms with Crippen LogP contribution in [0.2, 0.25) is 0 Å². The van der Waals surface area contributed by atoms with E-state index in [0.717, 1.165) is 15.7 Å². The lowest BCUT2D eigenvalue weighted by Gasteiger charge is -2.21. The highest BCUT2D eigenvalue weighted by Gasteiger charge is 2.28. The van der Waals surface area contributed by atoms with Gasteiger partial charge in [-0.25, -0.2) is 18.1 Å². The second-order valence-electron chi connectivity index (χ2n) is 7.02. The van der Waals surface area contributed by atoms with Gasteiger partial charge < -0.3 is 5.32 Å². The van der Waals surface area contributed by atoms with Crippen molar-refractivity contribution in [1.82, 2.24) is 24.8 Å². The number of hydrogen-bond acceptors (Lipinski definition) is 5. The van der Waals surface area contributed by atoms with Crippen LogP contribution >= 0.6 is 15.9 Å². The molecule has 1 heterocycles. The zero-order valence-electron chi connectivity index (χ0n) is 16.5. The van der Waals surface area contributed by atoms with Crippen molar-refractivity contribution in [2.45, 2.75) is 31.3 Å². The van der Waals surface area contributed by atoms with Crippen molar-refractivity contribution >= 4 is 31.9 Å². The van der Waals surface area contributed by atoms with Gasteiger partial charge in [-0.15, -0.1) is 0 Å². The topological polar surface area (TPSA) is 106 Å². The van der Waals surface area contributed by atoms with E-state index in [2.05, 4.69) is 36.1 Å². The largest absolute Gasteiger partial charge is 0.351 e. The lowest BCUT2D eigenvalue weighted by Crippen LogP contribution is -2.49. The summed E-state index contributed by atoms with van der Waals surface area (Å²) in [6.45, 7) is 3.86. The Morgan fingerprint density at radius 2 is 1.77 bits per heavy atom. The Balaban J connectivity index is 1.65. The van der Waals surface area contributed by atoms with E-state index in [-0.39, 0.29) is 23.3 Å². The van der Waals surface area contributed by atoms with Gasteiger partial charge in [-0.3, -0.25) is 4.79 Å². The smallest absolute Gasteiger partial charge is 0.241 e. The Morgan fingerprint density at radius 1 is 1.10 bits per heavy atom. The molecule has 0 aliphatic heterocycles. The first-order valence-electron chi connectivity index (χ1n) is 9.26. The summed E-state index contributed by atoms with van der Waals surface area (Å²) in [6, 6.07) is 12.8. The Hall–Kier alpha value is -2.56. The maximum absolute atomic E-state index is 12.7. The number of carbonyl (C=O) groups is 1. The van der Waals surface area contributed by atoms with Gasteiger partial charge in [-0.1, -0.05) is 41.9 Å². The summed E-state index contributed by atoms with van der Waals surface area (Å²) in [5.41, 5.74) is 1.73. The first-order chi connectivity index (χ1) is 14.3. The number of nitrogens with zero attached hydrogens (tertiary/aromatic N) is 3. The van der Waals surface area contributed by atoms with Gasteiger partial charge in [0.05, 0.1) is 10.6 Å². The van der Waals surface area contributed by atoms with Crippen LogP contribution in [-0.2, 0) is 21.4 Å². The molecule has 1 amide bonds. The van der Waals surface area contributed by atoms with Crippen LogP contribution in [0.4, 0.5) is 0 Å². The zero-order chi connectivity index (χ0) is 21.7. The third kappa shape index (κ3) is 5.53.